The summed E-state index contributed by atoms with van der Waals surface area (Å²) in [6.45, 7) is 5.82. The quantitative estimate of drug-likeness (QED) is 0.0259. The van der Waals surface area contributed by atoms with Gasteiger partial charge in [0.1, 0.15) is 60.9 Å². The molecule has 0 bridgehead atoms. The topological polar surface area (TPSA) is 516 Å². The summed E-state index contributed by atoms with van der Waals surface area (Å²) >= 11 is 4.09. The SMILES string of the molecule is CC[C@H](C)[C@H](NC(=O)[C@@H]1CCCN1C(=O)[C@H](CO)NC(=O)[C@H](C)N)C(=O)N[C@H](C(=O)N[C@@H](CCC(N)=O)C(=O)N[C@@H](CCC(=O)O)C(=O)N[C@@H](CC(C)C)C(=O)N[C@@H](CS)C(=O)N[C@@H](CO)C(=O)NCC(=O)NCC(=O)O)[C@@H](C)O. The summed E-state index contributed by atoms with van der Waals surface area (Å²) in [6.07, 6.45) is -3.59. The van der Waals surface area contributed by atoms with Gasteiger partial charge < -0.3 is 95.1 Å². The number of rotatable bonds is 36. The van der Waals surface area contributed by atoms with Crippen molar-refractivity contribution in [1.82, 2.24) is 58.1 Å². The zero-order valence-corrected chi connectivity index (χ0v) is 46.3. The second-order valence-electron chi connectivity index (χ2n) is 19.4. The van der Waals surface area contributed by atoms with Crippen molar-refractivity contribution in [2.75, 3.05) is 38.6 Å². The van der Waals surface area contributed by atoms with Gasteiger partial charge in [-0.25, -0.2) is 0 Å². The minimum atomic E-state index is -1.88. The Bertz CT molecular complexity index is 2220. The number of carboxylic acids is 2. The minimum Gasteiger partial charge on any atom is -0.481 e. The number of carboxylic acid groups (broad SMARTS) is 2. The van der Waals surface area contributed by atoms with Gasteiger partial charge >= 0.3 is 11.9 Å². The normalized spacial score (nSPS) is 17.1. The van der Waals surface area contributed by atoms with Gasteiger partial charge in [-0.05, 0) is 57.8 Å². The molecule has 80 heavy (non-hydrogen) atoms. The molecule has 1 rings (SSSR count). The van der Waals surface area contributed by atoms with Crippen LogP contribution in [0.5, 0.6) is 0 Å². The zero-order chi connectivity index (χ0) is 61.1. The summed E-state index contributed by atoms with van der Waals surface area (Å²) in [7, 11) is 0. The number of hydrogen-bond donors (Lipinski definition) is 18. The highest BCUT2D eigenvalue weighted by atomic mass is 32.1. The van der Waals surface area contributed by atoms with E-state index < -0.39 is 213 Å². The maximum absolute atomic E-state index is 14.0. The lowest BCUT2D eigenvalue weighted by atomic mass is 9.96. The number of amides is 12. The molecule has 12 atom stereocenters. The van der Waals surface area contributed by atoms with Gasteiger partial charge in [-0.2, -0.15) is 12.6 Å². The van der Waals surface area contributed by atoms with Crippen LogP contribution in [0.2, 0.25) is 0 Å². The third kappa shape index (κ3) is 24.4. The maximum atomic E-state index is 14.0. The summed E-state index contributed by atoms with van der Waals surface area (Å²) < 4.78 is 0. The number of aliphatic hydroxyl groups excluding tert-OH is 3. The van der Waals surface area contributed by atoms with E-state index in [4.69, 9.17) is 16.6 Å². The summed E-state index contributed by atoms with van der Waals surface area (Å²) in [4.78, 5) is 182. The molecule has 1 fully saturated rings. The molecule has 0 spiro atoms. The van der Waals surface area contributed by atoms with Crippen LogP contribution in [0.3, 0.4) is 0 Å². The van der Waals surface area contributed by atoms with Gasteiger partial charge in [0.05, 0.1) is 31.9 Å². The minimum absolute atomic E-state index is 0.0587. The van der Waals surface area contributed by atoms with Crippen LogP contribution in [-0.2, 0) is 67.1 Å². The van der Waals surface area contributed by atoms with E-state index in [2.05, 4.69) is 60.5 Å². The number of nitrogens with zero attached hydrogens (tertiary/aromatic N) is 1. The first-order valence-electron chi connectivity index (χ1n) is 25.7. The van der Waals surface area contributed by atoms with Gasteiger partial charge in [0.2, 0.25) is 70.9 Å². The molecule has 1 aliphatic heterocycles. The molecule has 452 valence electrons. The third-order valence-electron chi connectivity index (χ3n) is 12.3. The lowest BCUT2D eigenvalue weighted by molar-refractivity contribution is -0.143. The van der Waals surface area contributed by atoms with Crippen LogP contribution in [0.15, 0.2) is 0 Å². The van der Waals surface area contributed by atoms with Gasteiger partial charge in [-0.1, -0.05) is 34.1 Å². The van der Waals surface area contributed by atoms with Crippen molar-refractivity contribution in [3.8, 4) is 0 Å². The average Bonchev–Trinajstić information content (AvgIpc) is 3.89. The molecule has 0 saturated carbocycles. The number of nitrogens with one attached hydrogen (secondary N) is 10. The molecule has 0 aromatic rings. The van der Waals surface area contributed by atoms with Crippen LogP contribution in [0.25, 0.3) is 0 Å². The Morgan fingerprint density at radius 3 is 1.59 bits per heavy atom. The molecule has 19 N–H and O–H groups in total. The van der Waals surface area contributed by atoms with E-state index in [1.807, 2.05) is 5.32 Å². The summed E-state index contributed by atoms with van der Waals surface area (Å²) in [5, 5.41) is 71.7. The number of likely N-dealkylation sites (tertiary alicyclic amines) is 1. The van der Waals surface area contributed by atoms with E-state index in [1.165, 1.54) is 6.92 Å². The maximum Gasteiger partial charge on any atom is 0.322 e. The van der Waals surface area contributed by atoms with Crippen molar-refractivity contribution in [2.45, 2.75) is 159 Å². The molecule has 0 aliphatic carbocycles. The molecular weight excluding hydrogens is 1080 g/mol. The van der Waals surface area contributed by atoms with Crippen LogP contribution in [-0.4, -0.2) is 218 Å². The monoisotopic (exact) mass is 1160 g/mol. The van der Waals surface area contributed by atoms with Crippen LogP contribution < -0.4 is 64.6 Å². The highest BCUT2D eigenvalue weighted by Crippen LogP contribution is 2.20. The van der Waals surface area contributed by atoms with Crippen LogP contribution in [0, 0.1) is 11.8 Å². The number of hydrogen-bond acceptors (Lipinski definition) is 19. The summed E-state index contributed by atoms with van der Waals surface area (Å²) in [5.41, 5.74) is 10.9. The highest BCUT2D eigenvalue weighted by molar-refractivity contribution is 7.80. The van der Waals surface area contributed by atoms with Crippen LogP contribution in [0.4, 0.5) is 0 Å². The zero-order valence-electron chi connectivity index (χ0n) is 45.4. The third-order valence-corrected chi connectivity index (χ3v) is 12.7. The van der Waals surface area contributed by atoms with Gasteiger partial charge in [0.25, 0.3) is 0 Å². The first kappa shape index (κ1) is 70.8. The first-order valence-corrected chi connectivity index (χ1v) is 26.3. The van der Waals surface area contributed by atoms with E-state index >= 15 is 0 Å². The molecule has 32 nitrogen and oxygen atoms in total. The van der Waals surface area contributed by atoms with Crippen LogP contribution in [0.1, 0.15) is 92.9 Å². The second-order valence-corrected chi connectivity index (χ2v) is 19.8. The van der Waals surface area contributed by atoms with E-state index in [9.17, 15) is 87.5 Å². The summed E-state index contributed by atoms with van der Waals surface area (Å²) in [6, 6.07) is -15.2. The largest absolute Gasteiger partial charge is 0.481 e. The molecule has 1 aliphatic rings. The van der Waals surface area contributed by atoms with Gasteiger partial charge in [0.15, 0.2) is 0 Å². The smallest absolute Gasteiger partial charge is 0.322 e. The number of aliphatic hydroxyl groups is 3. The standard InChI is InChI=1S/C47H79N13O19S/c1-7-22(4)36(58-44(76)31-9-8-14-60(31)47(79)29(19-62)56-38(70)23(5)48)45(77)59-37(24(6)63)46(78)53-25(10-12-32(49)64)40(72)52-26(11-13-34(66)67)41(73)54-27(15-21(2)3)42(74)57-30(20-80)43(75)55-28(18-61)39(71)51-16-33(65)50-17-35(68)69/h21-31,36-37,61-63,80H,7-20,48H2,1-6H3,(H2,49,64)(H,50,65)(H,51,71)(H,52,72)(H,53,78)(H,54,73)(H,55,75)(H,56,70)(H,57,74)(H,58,76)(H,59,77)(H,66,67)(H,68,69)/t22-,23-,24+,25-,26-,27-,28-,29-,30-,31-,36-,37-/m0/s1. The molecule has 1 heterocycles. The number of carbonyl (C=O) groups is 14. The van der Waals surface area contributed by atoms with E-state index in [0.29, 0.717) is 6.42 Å². The average molecular weight is 1160 g/mol. The molecule has 33 heteroatoms. The van der Waals surface area contributed by atoms with E-state index in [0.717, 1.165) is 11.8 Å². The Balaban J connectivity index is 3.39. The van der Waals surface area contributed by atoms with Gasteiger partial charge in [0, 0.05) is 25.1 Å². The van der Waals surface area contributed by atoms with Crippen molar-refractivity contribution in [2.24, 2.45) is 23.3 Å². The Hall–Kier alpha value is -7.23. The number of primary amides is 1. The van der Waals surface area contributed by atoms with Crippen molar-refractivity contribution in [3.63, 3.8) is 0 Å². The van der Waals surface area contributed by atoms with Gasteiger partial charge in [-0.3, -0.25) is 67.1 Å². The first-order chi connectivity index (χ1) is 37.4. The lowest BCUT2D eigenvalue weighted by Gasteiger charge is -2.32. The van der Waals surface area contributed by atoms with Crippen molar-refractivity contribution in [3.05, 3.63) is 0 Å². The van der Waals surface area contributed by atoms with Crippen molar-refractivity contribution in [1.29, 1.82) is 0 Å². The predicted octanol–water partition coefficient (Wildman–Crippen LogP) is -7.96. The summed E-state index contributed by atoms with van der Waals surface area (Å²) in [5.74, 6) is -16.1. The molecule has 0 aromatic heterocycles. The number of aliphatic carboxylic acids is 2. The highest BCUT2D eigenvalue weighted by Gasteiger charge is 2.41. The van der Waals surface area contributed by atoms with Gasteiger partial charge in [-0.15, -0.1) is 0 Å². The van der Waals surface area contributed by atoms with Crippen LogP contribution >= 0.6 is 12.6 Å². The molecule has 1 saturated heterocycles. The fourth-order valence-corrected chi connectivity index (χ4v) is 7.91. The molecule has 12 amide bonds. The fourth-order valence-electron chi connectivity index (χ4n) is 7.65. The molecule has 0 unspecified atom stereocenters. The van der Waals surface area contributed by atoms with E-state index in [1.54, 1.807) is 27.7 Å². The molecular formula is C47H79N13O19S. The predicted molar refractivity (Wildman–Crippen MR) is 281 cm³/mol. The Labute approximate surface area is 466 Å². The van der Waals surface area contributed by atoms with E-state index in [-0.39, 0.29) is 31.7 Å². The Morgan fingerprint density at radius 2 is 1.09 bits per heavy atom. The lowest BCUT2D eigenvalue weighted by Crippen LogP contribution is -2.62. The Morgan fingerprint density at radius 1 is 0.588 bits per heavy atom. The number of carbonyl (C=O) groups excluding carboxylic acids is 12. The number of nitrogens with two attached hydrogens (primary N) is 2. The molecule has 0 radical (unpaired) electrons. The number of thiol groups is 1. The molecule has 0 aromatic carbocycles. The van der Waals surface area contributed by atoms with Crippen molar-refractivity contribution >= 4 is 95.5 Å². The van der Waals surface area contributed by atoms with Crippen molar-refractivity contribution < 1.29 is 92.7 Å². The Kier molecular flexibility index (Phi) is 31.3. The fraction of sp³-hybridized carbons (Fsp3) is 0.702. The second kappa shape index (κ2) is 35.4.